The Bertz CT molecular complexity index is 1400. The topological polar surface area (TPSA) is 86.0 Å². The lowest BCUT2D eigenvalue weighted by Crippen LogP contribution is -2.46. The van der Waals surface area contributed by atoms with Crippen LogP contribution in [0.3, 0.4) is 0 Å². The summed E-state index contributed by atoms with van der Waals surface area (Å²) in [7, 11) is 0. The third-order valence-electron chi connectivity index (χ3n) is 5.15. The fourth-order valence-electron chi connectivity index (χ4n) is 3.44. The number of nitrogens with one attached hydrogen (secondary N) is 1. The zero-order valence-corrected chi connectivity index (χ0v) is 17.8. The molecule has 7 nitrogen and oxygen atoms in total. The first-order chi connectivity index (χ1) is 15.9. The lowest BCUT2D eigenvalue weighted by atomic mass is 10.1. The van der Waals surface area contributed by atoms with E-state index in [-0.39, 0.29) is 6.54 Å². The molecule has 0 aliphatic carbocycles. The van der Waals surface area contributed by atoms with Crippen LogP contribution in [0.4, 0.5) is 4.39 Å². The van der Waals surface area contributed by atoms with Crippen LogP contribution in [-0.2, 0) is 6.54 Å². The summed E-state index contributed by atoms with van der Waals surface area (Å²) in [6, 6.07) is 22.9. The molecule has 0 fully saturated rings. The minimum Gasteiger partial charge on any atom is -0.344 e. The zero-order chi connectivity index (χ0) is 23.4. The second-order valence-corrected chi connectivity index (χ2v) is 7.51. The minimum atomic E-state index is -0.853. The van der Waals surface area contributed by atoms with E-state index in [0.717, 1.165) is 14.8 Å². The van der Waals surface area contributed by atoms with Gasteiger partial charge in [-0.1, -0.05) is 60.7 Å². The van der Waals surface area contributed by atoms with Gasteiger partial charge in [0.15, 0.2) is 0 Å². The van der Waals surface area contributed by atoms with Gasteiger partial charge in [-0.3, -0.25) is 14.2 Å². The normalized spacial score (nSPS) is 11.7. The molecule has 33 heavy (non-hydrogen) atoms. The van der Waals surface area contributed by atoms with Crippen molar-refractivity contribution < 1.29 is 9.18 Å². The second-order valence-electron chi connectivity index (χ2n) is 7.51. The fraction of sp³-hybridized carbons (Fsp3) is 0.120. The van der Waals surface area contributed by atoms with Gasteiger partial charge in [0, 0.05) is 0 Å². The third-order valence-corrected chi connectivity index (χ3v) is 5.15. The molecule has 1 atom stereocenters. The highest BCUT2D eigenvalue weighted by Gasteiger charge is 2.22. The van der Waals surface area contributed by atoms with E-state index in [4.69, 9.17) is 0 Å². The standard InChI is InChI=1S/C25H21FN4O3/c1-17(19-10-4-2-5-11-19)27-23(31)22-24(32)29(16-18-9-8-12-20(26)15-18)25(33)30(28-22)21-13-6-3-7-14-21/h2-15,17H,16H2,1H3,(H,27,31)/t17-/m0/s1. The lowest BCUT2D eigenvalue weighted by molar-refractivity contribution is 0.0930. The Morgan fingerprint density at radius 3 is 2.30 bits per heavy atom. The predicted molar refractivity (Wildman–Crippen MR) is 122 cm³/mol. The van der Waals surface area contributed by atoms with Gasteiger partial charge in [-0.05, 0) is 42.3 Å². The zero-order valence-electron chi connectivity index (χ0n) is 17.8. The molecule has 1 amide bonds. The van der Waals surface area contributed by atoms with Gasteiger partial charge in [0.1, 0.15) is 5.82 Å². The van der Waals surface area contributed by atoms with Crippen LogP contribution in [0.25, 0.3) is 5.69 Å². The molecule has 1 N–H and O–H groups in total. The summed E-state index contributed by atoms with van der Waals surface area (Å²) in [5.41, 5.74) is -0.373. The van der Waals surface area contributed by atoms with E-state index in [1.165, 1.54) is 18.2 Å². The number of carbonyl (C=O) groups is 1. The Morgan fingerprint density at radius 1 is 0.970 bits per heavy atom. The summed E-state index contributed by atoms with van der Waals surface area (Å²) in [5, 5.41) is 6.85. The highest BCUT2D eigenvalue weighted by Crippen LogP contribution is 2.12. The molecule has 166 valence electrons. The molecule has 8 heteroatoms. The van der Waals surface area contributed by atoms with Crippen molar-refractivity contribution in [3.8, 4) is 5.69 Å². The Kier molecular flexibility index (Phi) is 6.26. The van der Waals surface area contributed by atoms with Gasteiger partial charge in [-0.25, -0.2) is 9.18 Å². The highest BCUT2D eigenvalue weighted by molar-refractivity contribution is 5.92. The largest absolute Gasteiger partial charge is 0.352 e. The molecule has 4 rings (SSSR count). The van der Waals surface area contributed by atoms with Crippen LogP contribution in [0.1, 0.15) is 34.6 Å². The summed E-state index contributed by atoms with van der Waals surface area (Å²) >= 11 is 0. The Hall–Kier alpha value is -4.33. The molecule has 0 saturated carbocycles. The number of halogens is 1. The SMILES string of the molecule is C[C@H](NC(=O)c1nn(-c2ccccc2)c(=O)n(Cc2cccc(F)c2)c1=O)c1ccccc1. The molecule has 0 aliphatic rings. The molecule has 0 saturated heterocycles. The molecule has 1 heterocycles. The van der Waals surface area contributed by atoms with Crippen molar-refractivity contribution in [2.45, 2.75) is 19.5 Å². The Labute approximate surface area is 188 Å². The first kappa shape index (κ1) is 21.9. The second kappa shape index (κ2) is 9.44. The average Bonchev–Trinajstić information content (AvgIpc) is 2.83. The fourth-order valence-corrected chi connectivity index (χ4v) is 3.44. The number of amides is 1. The maximum atomic E-state index is 13.7. The average molecular weight is 444 g/mol. The summed E-state index contributed by atoms with van der Waals surface area (Å²) in [4.78, 5) is 39.3. The molecular weight excluding hydrogens is 423 g/mol. The van der Waals surface area contributed by atoms with Crippen LogP contribution in [-0.4, -0.2) is 20.3 Å². The van der Waals surface area contributed by atoms with Gasteiger partial charge in [0.05, 0.1) is 18.3 Å². The minimum absolute atomic E-state index is 0.209. The van der Waals surface area contributed by atoms with E-state index >= 15 is 0 Å². The van der Waals surface area contributed by atoms with Gasteiger partial charge in [0.25, 0.3) is 11.5 Å². The van der Waals surface area contributed by atoms with Gasteiger partial charge < -0.3 is 5.32 Å². The van der Waals surface area contributed by atoms with Crippen LogP contribution < -0.4 is 16.6 Å². The first-order valence-electron chi connectivity index (χ1n) is 10.3. The highest BCUT2D eigenvalue weighted by atomic mass is 19.1. The first-order valence-corrected chi connectivity index (χ1v) is 10.3. The summed E-state index contributed by atoms with van der Waals surface area (Å²) < 4.78 is 15.6. The van der Waals surface area contributed by atoms with Crippen LogP contribution in [0.15, 0.2) is 94.5 Å². The van der Waals surface area contributed by atoms with E-state index in [1.54, 1.807) is 43.3 Å². The number of para-hydroxylation sites is 1. The molecular formula is C25H21FN4O3. The maximum Gasteiger partial charge on any atom is 0.352 e. The van der Waals surface area contributed by atoms with Crippen molar-refractivity contribution >= 4 is 5.91 Å². The van der Waals surface area contributed by atoms with E-state index in [1.807, 2.05) is 30.3 Å². The molecule has 0 unspecified atom stereocenters. The summed E-state index contributed by atoms with van der Waals surface area (Å²) in [6.45, 7) is 1.57. The third kappa shape index (κ3) is 4.79. The molecule has 0 spiro atoms. The van der Waals surface area contributed by atoms with Gasteiger partial charge in [-0.2, -0.15) is 9.78 Å². The summed E-state index contributed by atoms with van der Waals surface area (Å²) in [6.07, 6.45) is 0. The number of rotatable bonds is 6. The molecule has 3 aromatic carbocycles. The number of hydrogen-bond donors (Lipinski definition) is 1. The number of carbonyl (C=O) groups excluding carboxylic acids is 1. The van der Waals surface area contributed by atoms with E-state index < -0.39 is 34.7 Å². The van der Waals surface area contributed by atoms with E-state index in [2.05, 4.69) is 10.4 Å². The molecule has 4 aromatic rings. The quantitative estimate of drug-likeness (QED) is 0.495. The molecule has 0 aliphatic heterocycles. The smallest absolute Gasteiger partial charge is 0.344 e. The monoisotopic (exact) mass is 444 g/mol. The van der Waals surface area contributed by atoms with E-state index in [9.17, 15) is 18.8 Å². The number of hydrogen-bond acceptors (Lipinski definition) is 4. The van der Waals surface area contributed by atoms with E-state index in [0.29, 0.717) is 11.3 Å². The maximum absolute atomic E-state index is 13.7. The Balaban J connectivity index is 1.80. The van der Waals surface area contributed by atoms with Crippen molar-refractivity contribution in [2.75, 3.05) is 0 Å². The van der Waals surface area contributed by atoms with Crippen molar-refractivity contribution in [1.29, 1.82) is 0 Å². The number of benzene rings is 3. The van der Waals surface area contributed by atoms with Crippen LogP contribution >= 0.6 is 0 Å². The van der Waals surface area contributed by atoms with Crippen molar-refractivity contribution in [1.82, 2.24) is 19.7 Å². The van der Waals surface area contributed by atoms with Gasteiger partial charge in [0.2, 0.25) is 5.69 Å². The molecule has 0 radical (unpaired) electrons. The lowest BCUT2D eigenvalue weighted by Gasteiger charge is -2.15. The summed E-state index contributed by atoms with van der Waals surface area (Å²) in [5.74, 6) is -1.21. The number of nitrogens with zero attached hydrogens (tertiary/aromatic N) is 3. The van der Waals surface area contributed by atoms with Crippen molar-refractivity contribution in [3.05, 3.63) is 128 Å². The van der Waals surface area contributed by atoms with Gasteiger partial charge in [-0.15, -0.1) is 0 Å². The predicted octanol–water partition coefficient (Wildman–Crippen LogP) is 3.07. The van der Waals surface area contributed by atoms with Crippen molar-refractivity contribution in [3.63, 3.8) is 0 Å². The van der Waals surface area contributed by atoms with Crippen molar-refractivity contribution in [2.24, 2.45) is 0 Å². The van der Waals surface area contributed by atoms with Crippen LogP contribution in [0, 0.1) is 5.82 Å². The molecule has 1 aromatic heterocycles. The number of aromatic nitrogens is 3. The van der Waals surface area contributed by atoms with Crippen LogP contribution in [0.5, 0.6) is 0 Å². The van der Waals surface area contributed by atoms with Gasteiger partial charge >= 0.3 is 5.69 Å². The van der Waals surface area contributed by atoms with Crippen LogP contribution in [0.2, 0.25) is 0 Å². The Morgan fingerprint density at radius 2 is 1.64 bits per heavy atom. The molecule has 0 bridgehead atoms.